The molecule has 0 spiro atoms. The molecule has 6 nitrogen and oxygen atoms in total. The third-order valence-corrected chi connectivity index (χ3v) is 1.98. The van der Waals surface area contributed by atoms with Gasteiger partial charge in [-0.3, -0.25) is 9.59 Å². The summed E-state index contributed by atoms with van der Waals surface area (Å²) in [6.45, 7) is 1.32. The molecule has 1 aromatic rings. The fraction of sp³-hybridized carbons (Fsp3) is 0.273. The van der Waals surface area contributed by atoms with E-state index in [2.05, 4.69) is 10.6 Å². The second kappa shape index (κ2) is 5.86. The lowest BCUT2D eigenvalue weighted by atomic mass is 10.2. The summed E-state index contributed by atoms with van der Waals surface area (Å²) in [6, 6.07) is 4.91. The van der Waals surface area contributed by atoms with Crippen molar-refractivity contribution in [3.8, 4) is 5.75 Å². The van der Waals surface area contributed by atoms with Crippen molar-refractivity contribution in [2.75, 3.05) is 24.3 Å². The number of carbonyl (C=O) groups is 2. The van der Waals surface area contributed by atoms with Crippen LogP contribution in [0.15, 0.2) is 18.2 Å². The molecular formula is C11H15N3O3. The van der Waals surface area contributed by atoms with Crippen molar-refractivity contribution in [2.45, 2.75) is 6.92 Å². The minimum Gasteiger partial charge on any atom is -0.494 e. The van der Waals surface area contributed by atoms with Crippen LogP contribution < -0.4 is 21.1 Å². The summed E-state index contributed by atoms with van der Waals surface area (Å²) >= 11 is 0. The molecule has 1 rings (SSSR count). The molecule has 0 unspecified atom stereocenters. The molecule has 6 heteroatoms. The summed E-state index contributed by atoms with van der Waals surface area (Å²) in [5, 5.41) is 5.21. The Morgan fingerprint density at radius 2 is 2.06 bits per heavy atom. The highest BCUT2D eigenvalue weighted by Crippen LogP contribution is 2.27. The molecule has 0 saturated heterocycles. The van der Waals surface area contributed by atoms with Crippen LogP contribution in [0.25, 0.3) is 0 Å². The van der Waals surface area contributed by atoms with E-state index in [4.69, 9.17) is 10.5 Å². The van der Waals surface area contributed by atoms with E-state index >= 15 is 0 Å². The molecule has 92 valence electrons. The predicted octanol–water partition coefficient (Wildman–Crippen LogP) is 0.551. The van der Waals surface area contributed by atoms with Crippen molar-refractivity contribution < 1.29 is 14.3 Å². The summed E-state index contributed by atoms with van der Waals surface area (Å²) in [7, 11) is 1.48. The molecule has 17 heavy (non-hydrogen) atoms. The zero-order valence-electron chi connectivity index (χ0n) is 9.74. The lowest BCUT2D eigenvalue weighted by Crippen LogP contribution is -2.21. The van der Waals surface area contributed by atoms with E-state index in [9.17, 15) is 9.59 Å². The summed E-state index contributed by atoms with van der Waals surface area (Å²) in [6.07, 6.45) is 0. The molecule has 2 amide bonds. The van der Waals surface area contributed by atoms with Crippen LogP contribution in [0.3, 0.4) is 0 Å². The molecule has 0 atom stereocenters. The van der Waals surface area contributed by atoms with Gasteiger partial charge in [-0.15, -0.1) is 0 Å². The van der Waals surface area contributed by atoms with Crippen molar-refractivity contribution in [3.63, 3.8) is 0 Å². The maximum atomic E-state index is 11.1. The topological polar surface area (TPSA) is 93.4 Å². The summed E-state index contributed by atoms with van der Waals surface area (Å²) < 4.78 is 5.10. The second-order valence-corrected chi connectivity index (χ2v) is 3.35. The molecule has 0 heterocycles. The Kier molecular flexibility index (Phi) is 4.47. The van der Waals surface area contributed by atoms with Crippen LogP contribution in [0.4, 0.5) is 11.4 Å². The minimum atomic E-state index is -0.292. The quantitative estimate of drug-likeness (QED) is 0.713. The lowest BCUT2D eigenvalue weighted by Gasteiger charge is -2.11. The predicted molar refractivity (Wildman–Crippen MR) is 65.0 cm³/mol. The van der Waals surface area contributed by atoms with Crippen LogP contribution in [0, 0.1) is 0 Å². The highest BCUT2D eigenvalue weighted by molar-refractivity contribution is 5.94. The van der Waals surface area contributed by atoms with E-state index in [0.717, 1.165) is 0 Å². The molecule has 0 aliphatic carbocycles. The van der Waals surface area contributed by atoms with Crippen molar-refractivity contribution >= 4 is 23.2 Å². The van der Waals surface area contributed by atoms with Gasteiger partial charge >= 0.3 is 0 Å². The van der Waals surface area contributed by atoms with Crippen molar-refractivity contribution in [3.05, 3.63) is 18.2 Å². The fourth-order valence-electron chi connectivity index (χ4n) is 1.27. The Morgan fingerprint density at radius 3 is 2.59 bits per heavy atom. The number of anilines is 2. The maximum absolute atomic E-state index is 11.1. The van der Waals surface area contributed by atoms with Gasteiger partial charge in [-0.2, -0.15) is 0 Å². The van der Waals surface area contributed by atoms with Crippen LogP contribution >= 0.6 is 0 Å². The van der Waals surface area contributed by atoms with Gasteiger partial charge in [-0.1, -0.05) is 0 Å². The average Bonchev–Trinajstić information content (AvgIpc) is 2.30. The Labute approximate surface area is 99.1 Å². The number of ether oxygens (including phenoxy) is 1. The standard InChI is InChI=1S/C11H15N3O3/c1-7(15)13-9-4-3-8(5-10(9)17-2)14-11(16)6-12/h3-5H,6,12H2,1-2H3,(H,13,15)(H,14,16). The van der Waals surface area contributed by atoms with Gasteiger partial charge in [0, 0.05) is 18.7 Å². The van der Waals surface area contributed by atoms with Crippen molar-refractivity contribution in [1.29, 1.82) is 0 Å². The SMILES string of the molecule is COc1cc(NC(=O)CN)ccc1NC(C)=O. The van der Waals surface area contributed by atoms with E-state index in [1.54, 1.807) is 18.2 Å². The number of nitrogens with one attached hydrogen (secondary N) is 2. The van der Waals surface area contributed by atoms with Gasteiger partial charge in [-0.05, 0) is 12.1 Å². The zero-order valence-corrected chi connectivity index (χ0v) is 9.74. The summed E-state index contributed by atoms with van der Waals surface area (Å²) in [5.74, 6) is -0.0172. The number of benzene rings is 1. The average molecular weight is 237 g/mol. The van der Waals surface area contributed by atoms with E-state index in [1.807, 2.05) is 0 Å². The first-order valence-corrected chi connectivity index (χ1v) is 5.02. The smallest absolute Gasteiger partial charge is 0.238 e. The number of rotatable bonds is 4. The molecule has 4 N–H and O–H groups in total. The van der Waals surface area contributed by atoms with Crippen molar-refractivity contribution in [2.24, 2.45) is 5.73 Å². The third kappa shape index (κ3) is 3.76. The number of hydrogen-bond acceptors (Lipinski definition) is 4. The molecule has 0 fully saturated rings. The van der Waals surface area contributed by atoms with Crippen LogP contribution in [0.5, 0.6) is 5.75 Å². The zero-order chi connectivity index (χ0) is 12.8. The Bertz CT molecular complexity index is 432. The maximum Gasteiger partial charge on any atom is 0.238 e. The number of carbonyl (C=O) groups excluding carboxylic acids is 2. The van der Waals surface area contributed by atoms with Crippen LogP contribution in [0.2, 0.25) is 0 Å². The monoisotopic (exact) mass is 237 g/mol. The van der Waals surface area contributed by atoms with Gasteiger partial charge in [0.1, 0.15) is 5.75 Å². The normalized spacial score (nSPS) is 9.59. The highest BCUT2D eigenvalue weighted by atomic mass is 16.5. The van der Waals surface area contributed by atoms with Crippen molar-refractivity contribution in [1.82, 2.24) is 0 Å². The first-order chi connectivity index (χ1) is 8.06. The van der Waals surface area contributed by atoms with Gasteiger partial charge in [0.25, 0.3) is 0 Å². The molecule has 0 aliphatic heterocycles. The van der Waals surface area contributed by atoms with Gasteiger partial charge in [-0.25, -0.2) is 0 Å². The fourth-order valence-corrected chi connectivity index (χ4v) is 1.27. The number of methoxy groups -OCH3 is 1. The van der Waals surface area contributed by atoms with Gasteiger partial charge in [0.05, 0.1) is 19.3 Å². The van der Waals surface area contributed by atoms with E-state index < -0.39 is 0 Å². The third-order valence-electron chi connectivity index (χ3n) is 1.98. The lowest BCUT2D eigenvalue weighted by molar-refractivity contribution is -0.115. The Hall–Kier alpha value is -2.08. The second-order valence-electron chi connectivity index (χ2n) is 3.35. The molecule has 0 saturated carbocycles. The largest absolute Gasteiger partial charge is 0.494 e. The van der Waals surface area contributed by atoms with Crippen LogP contribution in [-0.4, -0.2) is 25.5 Å². The van der Waals surface area contributed by atoms with Crippen LogP contribution in [0.1, 0.15) is 6.92 Å². The Balaban J connectivity index is 2.91. The molecule has 0 radical (unpaired) electrons. The number of amides is 2. The molecule has 1 aromatic carbocycles. The van der Waals surface area contributed by atoms with E-state index in [0.29, 0.717) is 17.1 Å². The van der Waals surface area contributed by atoms with Gasteiger partial charge < -0.3 is 21.1 Å². The number of hydrogen-bond donors (Lipinski definition) is 3. The first-order valence-electron chi connectivity index (χ1n) is 5.02. The summed E-state index contributed by atoms with van der Waals surface area (Å²) in [5.41, 5.74) is 6.29. The molecular weight excluding hydrogens is 222 g/mol. The Morgan fingerprint density at radius 1 is 1.35 bits per heavy atom. The van der Waals surface area contributed by atoms with E-state index in [-0.39, 0.29) is 18.4 Å². The molecule has 0 aliphatic rings. The van der Waals surface area contributed by atoms with Crippen LogP contribution in [-0.2, 0) is 9.59 Å². The summed E-state index contributed by atoms with van der Waals surface area (Å²) in [4.78, 5) is 22.0. The first kappa shape index (κ1) is 13.0. The van der Waals surface area contributed by atoms with Gasteiger partial charge in [0.2, 0.25) is 11.8 Å². The molecule has 0 aromatic heterocycles. The van der Waals surface area contributed by atoms with Gasteiger partial charge in [0.15, 0.2) is 0 Å². The molecule has 0 bridgehead atoms. The number of nitrogens with two attached hydrogens (primary N) is 1. The van der Waals surface area contributed by atoms with E-state index in [1.165, 1.54) is 14.0 Å². The highest BCUT2D eigenvalue weighted by Gasteiger charge is 2.07. The minimum absolute atomic E-state index is 0.0875.